The Bertz CT molecular complexity index is 1160. The lowest BCUT2D eigenvalue weighted by Gasteiger charge is -2.14. The summed E-state index contributed by atoms with van der Waals surface area (Å²) in [6, 6.07) is 16.3. The molecule has 0 aliphatic rings. The Morgan fingerprint density at radius 2 is 1.94 bits per heavy atom. The molecule has 0 saturated heterocycles. The molecule has 0 radical (unpaired) electrons. The van der Waals surface area contributed by atoms with Crippen LogP contribution in [0.15, 0.2) is 59.4 Å². The van der Waals surface area contributed by atoms with Gasteiger partial charge in [0.15, 0.2) is 0 Å². The van der Waals surface area contributed by atoms with Crippen LogP contribution in [-0.4, -0.2) is 30.7 Å². The highest BCUT2D eigenvalue weighted by molar-refractivity contribution is 7.32. The third-order valence-electron chi connectivity index (χ3n) is 5.45. The van der Waals surface area contributed by atoms with E-state index in [1.54, 1.807) is 12.5 Å². The first-order chi connectivity index (χ1) is 17.5. The maximum atomic E-state index is 10.6. The Balaban J connectivity index is 1.55. The predicted molar refractivity (Wildman–Crippen MR) is 141 cm³/mol. The highest BCUT2D eigenvalue weighted by atomic mass is 31.1. The molecule has 3 rings (SSSR count). The van der Waals surface area contributed by atoms with E-state index in [-0.39, 0.29) is 12.7 Å². The van der Waals surface area contributed by atoms with E-state index in [0.717, 1.165) is 47.3 Å². The SMILES string of the molecule is CC(C)Oc1ccc(CCCNc2ccc(CNCCCO[PH](=O)O)cc2-c2ccoc2)cc1C#N. The summed E-state index contributed by atoms with van der Waals surface area (Å²) in [4.78, 5) is 8.70. The molecule has 0 amide bonds. The summed E-state index contributed by atoms with van der Waals surface area (Å²) in [5, 5.41) is 16.3. The minimum absolute atomic E-state index is 0.0268. The van der Waals surface area contributed by atoms with Crippen LogP contribution in [0.3, 0.4) is 0 Å². The van der Waals surface area contributed by atoms with Crippen LogP contribution in [0.4, 0.5) is 5.69 Å². The van der Waals surface area contributed by atoms with Crippen LogP contribution in [0.2, 0.25) is 0 Å². The first-order valence-corrected chi connectivity index (χ1v) is 13.4. The van der Waals surface area contributed by atoms with Gasteiger partial charge in [0.2, 0.25) is 0 Å². The molecule has 0 spiro atoms. The van der Waals surface area contributed by atoms with Crippen LogP contribution in [-0.2, 0) is 22.1 Å². The number of nitrogens with one attached hydrogen (secondary N) is 2. The van der Waals surface area contributed by atoms with Gasteiger partial charge in [-0.05, 0) is 81.1 Å². The molecule has 3 N–H and O–H groups in total. The van der Waals surface area contributed by atoms with Gasteiger partial charge in [0, 0.05) is 29.9 Å². The van der Waals surface area contributed by atoms with Crippen molar-refractivity contribution in [1.29, 1.82) is 5.26 Å². The molecule has 0 aliphatic carbocycles. The van der Waals surface area contributed by atoms with Crippen molar-refractivity contribution in [3.8, 4) is 22.9 Å². The van der Waals surface area contributed by atoms with Gasteiger partial charge in [-0.3, -0.25) is 4.57 Å². The first-order valence-electron chi connectivity index (χ1n) is 12.1. The van der Waals surface area contributed by atoms with Crippen molar-refractivity contribution in [3.63, 3.8) is 0 Å². The number of ether oxygens (including phenoxy) is 1. The van der Waals surface area contributed by atoms with Gasteiger partial charge in [0.05, 0.1) is 30.8 Å². The van der Waals surface area contributed by atoms with E-state index in [1.807, 2.05) is 38.1 Å². The molecule has 36 heavy (non-hydrogen) atoms. The van der Waals surface area contributed by atoms with E-state index >= 15 is 0 Å². The molecule has 1 atom stereocenters. The smallest absolute Gasteiger partial charge is 0.316 e. The first kappa shape index (κ1) is 27.5. The number of rotatable bonds is 15. The average molecular weight is 512 g/mol. The second kappa shape index (κ2) is 14.5. The van der Waals surface area contributed by atoms with Crippen LogP contribution in [0, 0.1) is 11.3 Å². The zero-order chi connectivity index (χ0) is 25.8. The van der Waals surface area contributed by atoms with Crippen molar-refractivity contribution in [2.24, 2.45) is 0 Å². The second-order valence-electron chi connectivity index (χ2n) is 8.68. The van der Waals surface area contributed by atoms with Crippen LogP contribution in [0.1, 0.15) is 43.4 Å². The van der Waals surface area contributed by atoms with Crippen molar-refractivity contribution < 1.29 is 23.1 Å². The summed E-state index contributed by atoms with van der Waals surface area (Å²) in [7, 11) is -2.85. The third-order valence-corrected chi connectivity index (χ3v) is 5.90. The molecule has 8 nitrogen and oxygen atoms in total. The fraction of sp³-hybridized carbons (Fsp3) is 0.370. The van der Waals surface area contributed by atoms with Crippen LogP contribution < -0.4 is 15.4 Å². The van der Waals surface area contributed by atoms with Crippen molar-refractivity contribution in [3.05, 3.63) is 71.7 Å². The molecule has 1 heterocycles. The van der Waals surface area contributed by atoms with E-state index in [0.29, 0.717) is 30.8 Å². The lowest BCUT2D eigenvalue weighted by atomic mass is 10.0. The minimum atomic E-state index is -2.85. The molecule has 1 aromatic heterocycles. The lowest BCUT2D eigenvalue weighted by Crippen LogP contribution is -2.16. The normalized spacial score (nSPS) is 11.9. The standard InChI is InChI=1S/C27H34N3O5P/c1-20(2)35-27-9-7-21(15-24(27)17-28)5-3-12-30-26-8-6-22(16-25(26)23-10-14-33-19-23)18-29-11-4-13-34-36(31)32/h6-10,14-16,19-20,29-30,36H,3-5,11-13,18H2,1-2H3,(H,31,32). The van der Waals surface area contributed by atoms with Gasteiger partial charge in [-0.25, -0.2) is 0 Å². The molecule has 9 heteroatoms. The Morgan fingerprint density at radius 3 is 2.67 bits per heavy atom. The highest BCUT2D eigenvalue weighted by Gasteiger charge is 2.09. The average Bonchev–Trinajstić information content (AvgIpc) is 3.39. The highest BCUT2D eigenvalue weighted by Crippen LogP contribution is 2.30. The molecule has 0 aliphatic heterocycles. The Hall–Kier alpha value is -3.08. The van der Waals surface area contributed by atoms with E-state index in [1.165, 1.54) is 0 Å². The predicted octanol–water partition coefficient (Wildman–Crippen LogP) is 5.53. The molecule has 0 fully saturated rings. The third kappa shape index (κ3) is 8.85. The fourth-order valence-electron chi connectivity index (χ4n) is 3.79. The van der Waals surface area contributed by atoms with E-state index in [9.17, 15) is 9.83 Å². The number of hydrogen-bond acceptors (Lipinski definition) is 7. The summed E-state index contributed by atoms with van der Waals surface area (Å²) >= 11 is 0. The van der Waals surface area contributed by atoms with E-state index in [2.05, 4.69) is 34.9 Å². The molecule has 1 unspecified atom stereocenters. The van der Waals surface area contributed by atoms with Gasteiger partial charge in [-0.1, -0.05) is 12.1 Å². The molecule has 192 valence electrons. The van der Waals surface area contributed by atoms with E-state index in [4.69, 9.17) is 18.6 Å². The summed E-state index contributed by atoms with van der Waals surface area (Å²) < 4.78 is 26.3. The number of benzene rings is 2. The minimum Gasteiger partial charge on any atom is -0.490 e. The van der Waals surface area contributed by atoms with Crippen LogP contribution >= 0.6 is 8.25 Å². The molecule has 0 bridgehead atoms. The Kier molecular flexibility index (Phi) is 11.1. The lowest BCUT2D eigenvalue weighted by molar-refractivity contribution is 0.241. The van der Waals surface area contributed by atoms with Crippen molar-refractivity contribution in [2.45, 2.75) is 45.8 Å². The maximum Gasteiger partial charge on any atom is 0.316 e. The molecular weight excluding hydrogens is 477 g/mol. The zero-order valence-corrected chi connectivity index (χ0v) is 21.8. The number of furan rings is 1. The summed E-state index contributed by atoms with van der Waals surface area (Å²) in [6.45, 7) is 6.31. The van der Waals surface area contributed by atoms with E-state index < -0.39 is 8.25 Å². The Labute approximate surface area is 213 Å². The Morgan fingerprint density at radius 1 is 1.11 bits per heavy atom. The fourth-order valence-corrected chi connectivity index (χ4v) is 4.11. The van der Waals surface area contributed by atoms with Gasteiger partial charge >= 0.3 is 8.25 Å². The van der Waals surface area contributed by atoms with Gasteiger partial charge < -0.3 is 29.2 Å². The number of nitriles is 1. The van der Waals surface area contributed by atoms with Crippen molar-refractivity contribution >= 4 is 13.9 Å². The summed E-state index contributed by atoms with van der Waals surface area (Å²) in [6.07, 6.45) is 5.84. The number of aryl methyl sites for hydroxylation is 1. The monoisotopic (exact) mass is 511 g/mol. The number of nitrogens with zero attached hydrogens (tertiary/aromatic N) is 1. The number of anilines is 1. The molecular formula is C27H34N3O5P. The van der Waals surface area contributed by atoms with Crippen LogP contribution in [0.25, 0.3) is 11.1 Å². The largest absolute Gasteiger partial charge is 0.490 e. The summed E-state index contributed by atoms with van der Waals surface area (Å²) in [5.74, 6) is 0.629. The number of hydrogen-bond donors (Lipinski definition) is 3. The topological polar surface area (TPSA) is 117 Å². The zero-order valence-electron chi connectivity index (χ0n) is 20.8. The molecule has 0 saturated carbocycles. The van der Waals surface area contributed by atoms with Gasteiger partial charge in [0.25, 0.3) is 0 Å². The van der Waals surface area contributed by atoms with Crippen LogP contribution in [0.5, 0.6) is 5.75 Å². The van der Waals surface area contributed by atoms with Gasteiger partial charge in [0.1, 0.15) is 11.8 Å². The van der Waals surface area contributed by atoms with Crippen molar-refractivity contribution in [2.75, 3.05) is 25.0 Å². The maximum absolute atomic E-state index is 10.6. The quantitative estimate of drug-likeness (QED) is 0.180. The second-order valence-corrected chi connectivity index (χ2v) is 9.50. The van der Waals surface area contributed by atoms with Gasteiger partial charge in [-0.2, -0.15) is 5.26 Å². The molecule has 3 aromatic rings. The van der Waals surface area contributed by atoms with Crippen molar-refractivity contribution in [1.82, 2.24) is 5.32 Å². The summed E-state index contributed by atoms with van der Waals surface area (Å²) in [5.41, 5.74) is 5.89. The molecule has 2 aromatic carbocycles. The van der Waals surface area contributed by atoms with Gasteiger partial charge in [-0.15, -0.1) is 0 Å².